The molecule has 0 radical (unpaired) electrons. The molecule has 1 aliphatic rings. The minimum atomic E-state index is -0.517. The van der Waals surface area contributed by atoms with Crippen LogP contribution >= 0.6 is 0 Å². The molecule has 0 saturated carbocycles. The highest BCUT2D eigenvalue weighted by atomic mass is 16.6. The number of hydrogen-bond acceptors (Lipinski definition) is 3. The van der Waals surface area contributed by atoms with E-state index in [4.69, 9.17) is 4.74 Å². The fourth-order valence-electron chi connectivity index (χ4n) is 2.79. The van der Waals surface area contributed by atoms with Gasteiger partial charge in [0.15, 0.2) is 0 Å². The fraction of sp³-hybridized carbons (Fsp3) is 0.556. The third-order valence-corrected chi connectivity index (χ3v) is 3.80. The third kappa shape index (κ3) is 4.33. The van der Waals surface area contributed by atoms with Gasteiger partial charge >= 0.3 is 6.09 Å². The molecule has 0 aliphatic carbocycles. The zero-order valence-electron chi connectivity index (χ0n) is 13.8. The first-order valence-electron chi connectivity index (χ1n) is 7.82. The number of ketones is 1. The molecule has 0 aromatic heterocycles. The van der Waals surface area contributed by atoms with E-state index < -0.39 is 5.60 Å². The number of carbonyl (C=O) groups excluding carboxylic acids is 2. The molecule has 0 spiro atoms. The summed E-state index contributed by atoms with van der Waals surface area (Å²) in [6, 6.07) is 9.94. The number of amides is 1. The van der Waals surface area contributed by atoms with Gasteiger partial charge in [-0.25, -0.2) is 4.79 Å². The summed E-state index contributed by atoms with van der Waals surface area (Å²) in [5.41, 5.74) is 0.607. The number of likely N-dealkylation sites (tertiary alicyclic amines) is 1. The van der Waals surface area contributed by atoms with E-state index in [9.17, 15) is 9.59 Å². The van der Waals surface area contributed by atoms with E-state index in [-0.39, 0.29) is 23.7 Å². The molecule has 0 bridgehead atoms. The minimum absolute atomic E-state index is 0.144. The second kappa shape index (κ2) is 6.51. The lowest BCUT2D eigenvalue weighted by Gasteiger charge is -2.36. The average Bonchev–Trinajstić information content (AvgIpc) is 2.43. The lowest BCUT2D eigenvalue weighted by atomic mass is 9.85. The molecular weight excluding hydrogens is 278 g/mol. The number of nitrogens with zero attached hydrogens (tertiary/aromatic N) is 1. The van der Waals surface area contributed by atoms with Crippen LogP contribution in [0.15, 0.2) is 30.3 Å². The monoisotopic (exact) mass is 303 g/mol. The molecule has 1 heterocycles. The Bertz CT molecular complexity index is 533. The van der Waals surface area contributed by atoms with Crippen molar-refractivity contribution in [2.75, 3.05) is 13.1 Å². The minimum Gasteiger partial charge on any atom is -0.444 e. The van der Waals surface area contributed by atoms with E-state index in [1.54, 1.807) is 4.90 Å². The lowest BCUT2D eigenvalue weighted by molar-refractivity contribution is -0.130. The van der Waals surface area contributed by atoms with Gasteiger partial charge in [0, 0.05) is 24.9 Å². The van der Waals surface area contributed by atoms with Crippen LogP contribution in [0.1, 0.15) is 33.3 Å². The highest BCUT2D eigenvalue weighted by Crippen LogP contribution is 2.23. The summed E-state index contributed by atoms with van der Waals surface area (Å²) in [7, 11) is 0. The second-order valence-corrected chi connectivity index (χ2v) is 7.08. The summed E-state index contributed by atoms with van der Waals surface area (Å²) in [5, 5.41) is 0. The summed E-state index contributed by atoms with van der Waals surface area (Å²) in [6.07, 6.45) is 0.341. The van der Waals surface area contributed by atoms with E-state index in [1.165, 1.54) is 0 Å². The van der Waals surface area contributed by atoms with Gasteiger partial charge in [-0.2, -0.15) is 0 Å². The molecule has 2 rings (SSSR count). The summed E-state index contributed by atoms with van der Waals surface area (Å²) in [5.74, 6) is -0.0580. The molecule has 1 amide bonds. The summed E-state index contributed by atoms with van der Waals surface area (Å²) in [6.45, 7) is 8.32. The number of carbonyl (C=O) groups is 2. The molecule has 2 unspecified atom stereocenters. The van der Waals surface area contributed by atoms with Crippen molar-refractivity contribution < 1.29 is 14.3 Å². The molecule has 0 N–H and O–H groups in total. The fourth-order valence-corrected chi connectivity index (χ4v) is 2.79. The first kappa shape index (κ1) is 16.5. The van der Waals surface area contributed by atoms with E-state index in [2.05, 4.69) is 0 Å². The molecule has 1 aromatic carbocycles. The van der Waals surface area contributed by atoms with Crippen LogP contribution in [0.2, 0.25) is 0 Å². The number of piperidine rings is 1. The van der Waals surface area contributed by atoms with Gasteiger partial charge in [0.2, 0.25) is 0 Å². The molecule has 1 saturated heterocycles. The Morgan fingerprint density at radius 3 is 2.45 bits per heavy atom. The van der Waals surface area contributed by atoms with Crippen molar-refractivity contribution in [3.05, 3.63) is 35.9 Å². The van der Waals surface area contributed by atoms with Crippen LogP contribution in [0, 0.1) is 11.8 Å². The molecule has 2 atom stereocenters. The Kier molecular flexibility index (Phi) is 4.89. The van der Waals surface area contributed by atoms with Crippen LogP contribution in [0.25, 0.3) is 0 Å². The number of benzene rings is 1. The van der Waals surface area contributed by atoms with Crippen LogP contribution in [0.3, 0.4) is 0 Å². The smallest absolute Gasteiger partial charge is 0.410 e. The molecule has 1 aromatic rings. The number of ether oxygens (including phenoxy) is 1. The highest BCUT2D eigenvalue weighted by molar-refractivity contribution is 5.86. The van der Waals surface area contributed by atoms with Gasteiger partial charge < -0.3 is 9.64 Å². The van der Waals surface area contributed by atoms with Gasteiger partial charge in [0.25, 0.3) is 0 Å². The van der Waals surface area contributed by atoms with E-state index in [1.807, 2.05) is 58.0 Å². The van der Waals surface area contributed by atoms with E-state index in [0.717, 1.165) is 5.56 Å². The largest absolute Gasteiger partial charge is 0.444 e. The van der Waals surface area contributed by atoms with Crippen molar-refractivity contribution in [2.45, 2.75) is 39.7 Å². The highest BCUT2D eigenvalue weighted by Gasteiger charge is 2.36. The maximum absolute atomic E-state index is 12.4. The van der Waals surface area contributed by atoms with Crippen molar-refractivity contribution in [1.82, 2.24) is 4.90 Å². The first-order chi connectivity index (χ1) is 10.3. The standard InChI is InChI=1S/C18H25NO3/c1-13-11-19(17(21)22-18(2,3)4)12-15(16(13)20)10-14-8-6-5-7-9-14/h5-9,13,15H,10-12H2,1-4H3. The van der Waals surface area contributed by atoms with Gasteiger partial charge in [-0.3, -0.25) is 4.79 Å². The number of rotatable bonds is 2. The van der Waals surface area contributed by atoms with Crippen molar-refractivity contribution in [3.63, 3.8) is 0 Å². The molecule has 1 fully saturated rings. The molecule has 4 heteroatoms. The average molecular weight is 303 g/mol. The maximum atomic E-state index is 12.4. The topological polar surface area (TPSA) is 46.6 Å². The zero-order chi connectivity index (χ0) is 16.3. The van der Waals surface area contributed by atoms with Crippen LogP contribution in [-0.2, 0) is 16.0 Å². The normalized spacial score (nSPS) is 22.5. The molecule has 22 heavy (non-hydrogen) atoms. The molecular formula is C18H25NO3. The van der Waals surface area contributed by atoms with E-state index >= 15 is 0 Å². The second-order valence-electron chi connectivity index (χ2n) is 7.08. The van der Waals surface area contributed by atoms with Gasteiger partial charge in [0.05, 0.1) is 0 Å². The molecule has 120 valence electrons. The quantitative estimate of drug-likeness (QED) is 0.842. The predicted octanol–water partition coefficient (Wildman–Crippen LogP) is 3.30. The third-order valence-electron chi connectivity index (χ3n) is 3.80. The SMILES string of the molecule is CC1CN(C(=O)OC(C)(C)C)CC(Cc2ccccc2)C1=O. The summed E-state index contributed by atoms with van der Waals surface area (Å²) < 4.78 is 5.43. The van der Waals surface area contributed by atoms with Gasteiger partial charge in [-0.15, -0.1) is 0 Å². The van der Waals surface area contributed by atoms with Crippen molar-refractivity contribution in [2.24, 2.45) is 11.8 Å². The summed E-state index contributed by atoms with van der Waals surface area (Å²) in [4.78, 5) is 26.3. The Morgan fingerprint density at radius 1 is 1.23 bits per heavy atom. The Balaban J connectivity index is 2.07. The van der Waals surface area contributed by atoms with Crippen molar-refractivity contribution in [1.29, 1.82) is 0 Å². The van der Waals surface area contributed by atoms with Crippen LogP contribution in [-0.4, -0.2) is 35.5 Å². The summed E-state index contributed by atoms with van der Waals surface area (Å²) >= 11 is 0. The number of Topliss-reactive ketones (excluding diaryl/α,β-unsaturated/α-hetero) is 1. The van der Waals surface area contributed by atoms with Crippen LogP contribution in [0.4, 0.5) is 4.79 Å². The van der Waals surface area contributed by atoms with E-state index in [0.29, 0.717) is 19.5 Å². The van der Waals surface area contributed by atoms with Gasteiger partial charge in [-0.05, 0) is 32.8 Å². The Hall–Kier alpha value is -1.84. The Labute approximate surface area is 132 Å². The van der Waals surface area contributed by atoms with Gasteiger partial charge in [-0.1, -0.05) is 37.3 Å². The van der Waals surface area contributed by atoms with Gasteiger partial charge in [0.1, 0.15) is 11.4 Å². The molecule has 1 aliphatic heterocycles. The lowest BCUT2D eigenvalue weighted by Crippen LogP contribution is -2.50. The van der Waals surface area contributed by atoms with Crippen molar-refractivity contribution >= 4 is 11.9 Å². The first-order valence-corrected chi connectivity index (χ1v) is 7.82. The zero-order valence-corrected chi connectivity index (χ0v) is 13.8. The number of hydrogen-bond donors (Lipinski definition) is 0. The van der Waals surface area contributed by atoms with Crippen molar-refractivity contribution in [3.8, 4) is 0 Å². The predicted molar refractivity (Wildman–Crippen MR) is 85.6 cm³/mol. The van der Waals surface area contributed by atoms with Crippen LogP contribution in [0.5, 0.6) is 0 Å². The molecule has 4 nitrogen and oxygen atoms in total. The van der Waals surface area contributed by atoms with Crippen LogP contribution < -0.4 is 0 Å². The maximum Gasteiger partial charge on any atom is 0.410 e. The Morgan fingerprint density at radius 2 is 1.86 bits per heavy atom.